The molecule has 0 saturated heterocycles. The van der Waals surface area contributed by atoms with E-state index in [4.69, 9.17) is 0 Å². The fourth-order valence-electron chi connectivity index (χ4n) is 0.637. The average molecular weight is 304 g/mol. The molecule has 0 spiro atoms. The Bertz CT molecular complexity index is 42.2. The van der Waals surface area contributed by atoms with Crippen molar-refractivity contribution in [2.24, 2.45) is 0 Å². The molecular formula is C7H13BrI. The van der Waals surface area contributed by atoms with Gasteiger partial charge in [-0.25, -0.2) is 0 Å². The van der Waals surface area contributed by atoms with Crippen LogP contribution in [0.1, 0.15) is 25.7 Å². The van der Waals surface area contributed by atoms with Crippen LogP contribution in [0.25, 0.3) is 0 Å². The highest BCUT2D eigenvalue weighted by Crippen LogP contribution is 2.04. The van der Waals surface area contributed by atoms with E-state index in [9.17, 15) is 0 Å². The predicted octanol–water partition coefficient (Wildman–Crippen LogP) is 3.58. The van der Waals surface area contributed by atoms with Crippen LogP contribution in [-0.2, 0) is 0 Å². The summed E-state index contributed by atoms with van der Waals surface area (Å²) in [7, 11) is 0. The van der Waals surface area contributed by atoms with Crippen LogP contribution in [0.2, 0.25) is 0 Å². The zero-order chi connectivity index (χ0) is 6.95. The highest BCUT2D eigenvalue weighted by molar-refractivity contribution is 14.1. The second-order valence-corrected chi connectivity index (χ2v) is 3.71. The molecule has 0 amide bonds. The van der Waals surface area contributed by atoms with Crippen molar-refractivity contribution in [2.45, 2.75) is 25.7 Å². The van der Waals surface area contributed by atoms with Gasteiger partial charge in [0.25, 0.3) is 0 Å². The molecular weight excluding hydrogens is 291 g/mol. The molecule has 1 radical (unpaired) electrons. The summed E-state index contributed by atoms with van der Waals surface area (Å²) in [6, 6.07) is 0. The maximum absolute atomic E-state index is 3.36. The van der Waals surface area contributed by atoms with Gasteiger partial charge in [-0.1, -0.05) is 51.4 Å². The van der Waals surface area contributed by atoms with Gasteiger partial charge in [0.2, 0.25) is 0 Å². The molecule has 0 N–H and O–H groups in total. The number of hydrogen-bond acceptors (Lipinski definition) is 0. The van der Waals surface area contributed by atoms with Gasteiger partial charge in [0.1, 0.15) is 0 Å². The van der Waals surface area contributed by atoms with Gasteiger partial charge in [0.15, 0.2) is 0 Å². The van der Waals surface area contributed by atoms with E-state index in [1.165, 1.54) is 30.1 Å². The number of rotatable bonds is 6. The normalized spacial score (nSPS) is 10.0. The summed E-state index contributed by atoms with van der Waals surface area (Å²) in [5, 5.41) is 1.05. The van der Waals surface area contributed by atoms with E-state index in [0.29, 0.717) is 0 Å². The van der Waals surface area contributed by atoms with Crippen LogP contribution in [0.3, 0.4) is 0 Å². The maximum atomic E-state index is 3.36. The van der Waals surface area contributed by atoms with Gasteiger partial charge in [-0.2, -0.15) is 0 Å². The zero-order valence-electron chi connectivity index (χ0n) is 5.58. The summed E-state index contributed by atoms with van der Waals surface area (Å²) in [6.45, 7) is 0. The maximum Gasteiger partial charge on any atom is 0.00626 e. The van der Waals surface area contributed by atoms with Gasteiger partial charge >= 0.3 is 0 Å². The highest BCUT2D eigenvalue weighted by Gasteiger charge is 1.87. The van der Waals surface area contributed by atoms with Crippen LogP contribution in [0, 0.1) is 6.42 Å². The fourth-order valence-corrected chi connectivity index (χ4v) is 1.50. The molecule has 2 heteroatoms. The molecule has 0 aliphatic rings. The van der Waals surface area contributed by atoms with Gasteiger partial charge in [0.05, 0.1) is 0 Å². The summed E-state index contributed by atoms with van der Waals surface area (Å²) in [6.07, 6.45) is 7.72. The smallest absolute Gasteiger partial charge is 0.00626 e. The third-order valence-electron chi connectivity index (χ3n) is 1.15. The van der Waals surface area contributed by atoms with Crippen molar-refractivity contribution in [1.82, 2.24) is 0 Å². The first-order valence-electron chi connectivity index (χ1n) is 3.35. The van der Waals surface area contributed by atoms with Crippen LogP contribution in [0.4, 0.5) is 0 Å². The van der Waals surface area contributed by atoms with E-state index in [2.05, 4.69) is 44.9 Å². The Morgan fingerprint density at radius 1 is 1.22 bits per heavy atom. The average Bonchev–Trinajstić information content (AvgIpc) is 1.89. The third kappa shape index (κ3) is 9.21. The largest absolute Gasteiger partial charge is 0.0925 e. The van der Waals surface area contributed by atoms with E-state index in [1.807, 2.05) is 0 Å². The minimum Gasteiger partial charge on any atom is -0.0925 e. The first-order valence-corrected chi connectivity index (χ1v) is 6.00. The molecule has 0 aliphatic carbocycles. The highest BCUT2D eigenvalue weighted by atomic mass is 127. The number of hydrogen-bond donors (Lipinski definition) is 0. The van der Waals surface area contributed by atoms with Crippen molar-refractivity contribution in [2.75, 3.05) is 9.76 Å². The standard InChI is InChI=1S/C7H13BrI/c8-6-4-2-1-3-5-7-9/h4H,1-3,5-7H2. The Hall–Kier alpha value is 1.21. The Kier molecular flexibility index (Phi) is 10.4. The number of unbranched alkanes of at least 4 members (excludes halogenated alkanes) is 4. The topological polar surface area (TPSA) is 0 Å². The Balaban J connectivity index is 2.60. The van der Waals surface area contributed by atoms with Crippen LogP contribution in [0.5, 0.6) is 0 Å². The molecule has 0 nitrogen and oxygen atoms in total. The van der Waals surface area contributed by atoms with Crippen molar-refractivity contribution in [3.8, 4) is 0 Å². The number of halogens is 2. The lowest BCUT2D eigenvalue weighted by Crippen LogP contribution is -1.80. The van der Waals surface area contributed by atoms with Gasteiger partial charge in [-0.3, -0.25) is 0 Å². The lowest BCUT2D eigenvalue weighted by atomic mass is 10.2. The molecule has 0 atom stereocenters. The quantitative estimate of drug-likeness (QED) is 0.400. The summed E-state index contributed by atoms with van der Waals surface area (Å²) in [5.74, 6) is 0. The molecule has 0 fully saturated rings. The summed E-state index contributed by atoms with van der Waals surface area (Å²) >= 11 is 5.79. The first-order chi connectivity index (χ1) is 4.41. The molecule has 9 heavy (non-hydrogen) atoms. The molecule has 0 aliphatic heterocycles. The van der Waals surface area contributed by atoms with Crippen molar-refractivity contribution >= 4 is 38.5 Å². The van der Waals surface area contributed by atoms with Gasteiger partial charge in [-0.05, 0) is 23.7 Å². The minimum absolute atomic E-state index is 1.05. The van der Waals surface area contributed by atoms with Crippen molar-refractivity contribution < 1.29 is 0 Å². The van der Waals surface area contributed by atoms with E-state index in [-0.39, 0.29) is 0 Å². The van der Waals surface area contributed by atoms with Crippen molar-refractivity contribution in [3.05, 3.63) is 6.42 Å². The lowest BCUT2D eigenvalue weighted by molar-refractivity contribution is 0.721. The zero-order valence-corrected chi connectivity index (χ0v) is 9.32. The Labute approximate surface area is 80.1 Å². The van der Waals surface area contributed by atoms with Crippen LogP contribution >= 0.6 is 38.5 Å². The van der Waals surface area contributed by atoms with Crippen LogP contribution < -0.4 is 0 Å². The molecule has 0 rings (SSSR count). The van der Waals surface area contributed by atoms with Crippen LogP contribution in [0.15, 0.2) is 0 Å². The second kappa shape index (κ2) is 9.21. The van der Waals surface area contributed by atoms with Crippen LogP contribution in [-0.4, -0.2) is 9.76 Å². The number of alkyl halides is 2. The van der Waals surface area contributed by atoms with Gasteiger partial charge in [-0.15, -0.1) is 0 Å². The second-order valence-electron chi connectivity index (χ2n) is 1.98. The predicted molar refractivity (Wildman–Crippen MR) is 55.4 cm³/mol. The van der Waals surface area contributed by atoms with E-state index >= 15 is 0 Å². The van der Waals surface area contributed by atoms with E-state index < -0.39 is 0 Å². The molecule has 55 valence electrons. The molecule has 0 bridgehead atoms. The molecule has 0 aromatic carbocycles. The summed E-state index contributed by atoms with van der Waals surface area (Å²) in [5.41, 5.74) is 0. The monoisotopic (exact) mass is 303 g/mol. The molecule has 0 aromatic heterocycles. The lowest BCUT2D eigenvalue weighted by Gasteiger charge is -1.94. The van der Waals surface area contributed by atoms with Gasteiger partial charge in [0, 0.05) is 5.33 Å². The molecule has 0 unspecified atom stereocenters. The Morgan fingerprint density at radius 2 is 2.00 bits per heavy atom. The SMILES string of the molecule is BrC[CH]CCCCCI. The Morgan fingerprint density at radius 3 is 2.56 bits per heavy atom. The minimum atomic E-state index is 1.05. The molecule has 0 aromatic rings. The first kappa shape index (κ1) is 10.2. The summed E-state index contributed by atoms with van der Waals surface area (Å²) < 4.78 is 1.31. The van der Waals surface area contributed by atoms with Crippen molar-refractivity contribution in [1.29, 1.82) is 0 Å². The molecule has 0 heterocycles. The third-order valence-corrected chi connectivity index (χ3v) is 2.37. The van der Waals surface area contributed by atoms with Gasteiger partial charge < -0.3 is 0 Å². The fraction of sp³-hybridized carbons (Fsp3) is 0.857. The molecule has 0 saturated carbocycles. The van der Waals surface area contributed by atoms with Crippen molar-refractivity contribution in [3.63, 3.8) is 0 Å². The van der Waals surface area contributed by atoms with E-state index in [1.54, 1.807) is 0 Å². The van der Waals surface area contributed by atoms with E-state index in [0.717, 1.165) is 5.33 Å². The summed E-state index contributed by atoms with van der Waals surface area (Å²) in [4.78, 5) is 0.